The van der Waals surface area contributed by atoms with Crippen LogP contribution in [0.5, 0.6) is 0 Å². The minimum Gasteiger partial charge on any atom is -0.462 e. The molecule has 83 heavy (non-hydrogen) atoms. The summed E-state index contributed by atoms with van der Waals surface area (Å²) in [7, 11) is 0. The lowest BCUT2D eigenvalue weighted by molar-refractivity contribution is -0.167. The summed E-state index contributed by atoms with van der Waals surface area (Å²) in [6.45, 7) is 6.52. The normalized spacial score (nSPS) is 12.9. The number of ether oxygens (including phenoxy) is 3. The Labute approximate surface area is 513 Å². The number of carbonyl (C=O) groups is 3. The molecule has 0 saturated carbocycles. The summed E-state index contributed by atoms with van der Waals surface area (Å²) in [6.07, 6.45) is 97.9. The van der Waals surface area contributed by atoms with Gasteiger partial charge >= 0.3 is 17.9 Å². The molecule has 0 bridgehead atoms. The molecule has 0 fully saturated rings. The minimum atomic E-state index is -0.785. The van der Waals surface area contributed by atoms with Gasteiger partial charge in [0.05, 0.1) is 0 Å². The molecule has 0 aromatic carbocycles. The molecule has 0 aromatic rings. The number of hydrogen-bond acceptors (Lipinski definition) is 6. The van der Waals surface area contributed by atoms with Crippen molar-refractivity contribution in [1.82, 2.24) is 0 Å². The standard InChI is InChI=1S/C77H130O6/c1-4-7-10-13-16-19-22-24-26-28-30-32-33-34-35-36-37-38-39-40-41-42-43-45-46-48-50-52-55-58-61-64-67-70-76(79)82-73-74(72-81-75(78)69-66-63-60-57-54-21-18-15-12-9-6-3)83-77(80)71-68-65-62-59-56-53-51-49-47-44-31-29-27-25-23-20-17-14-11-8-5-2/h7,10,16,19,23-26,29-32,34-35,37-38,40-41,43,45,74H,4-6,8-9,11-15,17-18,20-22,27-28,33,36,39,42,44,46-73H2,1-3H3/b10-7-,19-16-,25-23-,26-24-,31-29-,32-30-,35-34-,38-37-,41-40-,45-43-. The van der Waals surface area contributed by atoms with Gasteiger partial charge in [0.15, 0.2) is 6.10 Å². The van der Waals surface area contributed by atoms with Crippen molar-refractivity contribution in [3.8, 4) is 0 Å². The van der Waals surface area contributed by atoms with Gasteiger partial charge < -0.3 is 14.2 Å². The lowest BCUT2D eigenvalue weighted by atomic mass is 10.1. The van der Waals surface area contributed by atoms with Crippen LogP contribution in [-0.4, -0.2) is 37.2 Å². The molecular weight excluding hydrogens is 1020 g/mol. The average molecular weight is 1150 g/mol. The molecule has 1 atom stereocenters. The maximum atomic E-state index is 12.9. The lowest BCUT2D eigenvalue weighted by Crippen LogP contribution is -2.30. The molecule has 0 heterocycles. The van der Waals surface area contributed by atoms with Crippen molar-refractivity contribution in [1.29, 1.82) is 0 Å². The number of hydrogen-bond donors (Lipinski definition) is 0. The molecule has 0 spiro atoms. The van der Waals surface area contributed by atoms with Gasteiger partial charge in [0, 0.05) is 19.3 Å². The summed E-state index contributed by atoms with van der Waals surface area (Å²) in [4.78, 5) is 38.4. The third-order valence-electron chi connectivity index (χ3n) is 15.0. The maximum Gasteiger partial charge on any atom is 0.306 e. The summed E-state index contributed by atoms with van der Waals surface area (Å²) < 4.78 is 16.9. The molecule has 6 nitrogen and oxygen atoms in total. The highest BCUT2D eigenvalue weighted by Crippen LogP contribution is 2.16. The minimum absolute atomic E-state index is 0.0806. The SMILES string of the molecule is CC/C=C\C/C=C\C/C=C\C/C=C\C/C=C\C/C=C\C/C=C\C/C=C\CCCCCCCCCCC(=O)OCC(COC(=O)CCCCCCCCCCCCC)OC(=O)CCCCCCCCCCC/C=C\C/C=C\CCCCCCC. The van der Waals surface area contributed by atoms with Crippen LogP contribution >= 0.6 is 0 Å². The Hall–Kier alpha value is -4.19. The zero-order valence-corrected chi connectivity index (χ0v) is 54.4. The molecule has 0 rings (SSSR count). The zero-order valence-electron chi connectivity index (χ0n) is 54.4. The molecule has 6 heteroatoms. The van der Waals surface area contributed by atoms with Crippen molar-refractivity contribution >= 4 is 17.9 Å². The second kappa shape index (κ2) is 70.3. The van der Waals surface area contributed by atoms with Crippen LogP contribution in [0.15, 0.2) is 122 Å². The van der Waals surface area contributed by atoms with Crippen molar-refractivity contribution in [2.24, 2.45) is 0 Å². The molecule has 0 radical (unpaired) electrons. The van der Waals surface area contributed by atoms with E-state index in [4.69, 9.17) is 14.2 Å². The second-order valence-corrected chi connectivity index (χ2v) is 23.1. The first-order valence-electron chi connectivity index (χ1n) is 35.0. The van der Waals surface area contributed by atoms with E-state index >= 15 is 0 Å². The van der Waals surface area contributed by atoms with Gasteiger partial charge in [-0.3, -0.25) is 14.4 Å². The monoisotopic (exact) mass is 1150 g/mol. The fraction of sp³-hybridized carbons (Fsp3) is 0.701. The van der Waals surface area contributed by atoms with Crippen LogP contribution in [0.4, 0.5) is 0 Å². The molecule has 474 valence electrons. The summed E-state index contributed by atoms with van der Waals surface area (Å²) in [5.74, 6) is -0.884. The highest BCUT2D eigenvalue weighted by Gasteiger charge is 2.19. The van der Waals surface area contributed by atoms with E-state index in [1.807, 2.05) is 0 Å². The Kier molecular flexibility index (Phi) is 66.7. The largest absolute Gasteiger partial charge is 0.462 e. The fourth-order valence-corrected chi connectivity index (χ4v) is 9.73. The van der Waals surface area contributed by atoms with Gasteiger partial charge in [0.1, 0.15) is 13.2 Å². The lowest BCUT2D eigenvalue weighted by Gasteiger charge is -2.18. The van der Waals surface area contributed by atoms with Gasteiger partial charge in [0.25, 0.3) is 0 Å². The molecule has 0 aliphatic carbocycles. The Balaban J connectivity index is 4.26. The van der Waals surface area contributed by atoms with Gasteiger partial charge in [-0.15, -0.1) is 0 Å². The molecule has 0 amide bonds. The smallest absolute Gasteiger partial charge is 0.306 e. The molecule has 0 aliphatic heterocycles. The van der Waals surface area contributed by atoms with Gasteiger partial charge in [-0.1, -0.05) is 316 Å². The number of esters is 3. The van der Waals surface area contributed by atoms with Crippen molar-refractivity contribution in [2.75, 3.05) is 13.2 Å². The van der Waals surface area contributed by atoms with Gasteiger partial charge in [-0.2, -0.15) is 0 Å². The summed E-state index contributed by atoms with van der Waals surface area (Å²) in [5.41, 5.74) is 0. The Morgan fingerprint density at radius 3 is 0.735 bits per heavy atom. The topological polar surface area (TPSA) is 78.9 Å². The molecule has 0 aliphatic rings. The number of carbonyl (C=O) groups excluding carboxylic acids is 3. The van der Waals surface area contributed by atoms with Crippen LogP contribution in [0.3, 0.4) is 0 Å². The van der Waals surface area contributed by atoms with Crippen molar-refractivity contribution in [3.05, 3.63) is 122 Å². The zero-order chi connectivity index (χ0) is 59.9. The molecule has 0 saturated heterocycles. The number of unbranched alkanes of at least 4 members (excludes halogenated alkanes) is 32. The van der Waals surface area contributed by atoms with Crippen LogP contribution in [0.2, 0.25) is 0 Å². The van der Waals surface area contributed by atoms with Crippen LogP contribution in [0, 0.1) is 0 Å². The van der Waals surface area contributed by atoms with E-state index in [9.17, 15) is 14.4 Å². The fourth-order valence-electron chi connectivity index (χ4n) is 9.73. The second-order valence-electron chi connectivity index (χ2n) is 23.1. The van der Waals surface area contributed by atoms with E-state index in [2.05, 4.69) is 142 Å². The van der Waals surface area contributed by atoms with Crippen molar-refractivity contribution < 1.29 is 28.6 Å². The third-order valence-corrected chi connectivity index (χ3v) is 15.0. The van der Waals surface area contributed by atoms with E-state index in [0.717, 1.165) is 122 Å². The summed E-state index contributed by atoms with van der Waals surface area (Å²) >= 11 is 0. The van der Waals surface area contributed by atoms with E-state index in [1.165, 1.54) is 167 Å². The Bertz CT molecular complexity index is 1700. The van der Waals surface area contributed by atoms with Gasteiger partial charge in [0.2, 0.25) is 0 Å². The van der Waals surface area contributed by atoms with E-state index in [1.54, 1.807) is 0 Å². The molecule has 0 N–H and O–H groups in total. The predicted octanol–water partition coefficient (Wildman–Crippen LogP) is 24.3. The maximum absolute atomic E-state index is 12.9. The van der Waals surface area contributed by atoms with E-state index in [0.29, 0.717) is 19.3 Å². The highest BCUT2D eigenvalue weighted by molar-refractivity contribution is 5.71. The third kappa shape index (κ3) is 68.5. The van der Waals surface area contributed by atoms with Crippen LogP contribution in [-0.2, 0) is 28.6 Å². The first-order chi connectivity index (χ1) is 41.0. The average Bonchev–Trinajstić information content (AvgIpc) is 3.48. The molecule has 0 aromatic heterocycles. The van der Waals surface area contributed by atoms with Crippen LogP contribution < -0.4 is 0 Å². The van der Waals surface area contributed by atoms with Gasteiger partial charge in [-0.05, 0) is 116 Å². The molecule has 1 unspecified atom stereocenters. The number of allylic oxidation sites excluding steroid dienone is 20. The molecular formula is C77H130O6. The Morgan fingerprint density at radius 2 is 0.470 bits per heavy atom. The van der Waals surface area contributed by atoms with E-state index < -0.39 is 6.10 Å². The summed E-state index contributed by atoms with van der Waals surface area (Å²) in [6, 6.07) is 0. The highest BCUT2D eigenvalue weighted by atomic mass is 16.6. The van der Waals surface area contributed by atoms with Gasteiger partial charge in [-0.25, -0.2) is 0 Å². The van der Waals surface area contributed by atoms with Crippen LogP contribution in [0.25, 0.3) is 0 Å². The first-order valence-corrected chi connectivity index (χ1v) is 35.0. The van der Waals surface area contributed by atoms with Crippen LogP contribution in [0.1, 0.15) is 329 Å². The predicted molar refractivity (Wildman–Crippen MR) is 362 cm³/mol. The quantitative estimate of drug-likeness (QED) is 0.0261. The number of rotatable bonds is 63. The Morgan fingerprint density at radius 1 is 0.253 bits per heavy atom. The van der Waals surface area contributed by atoms with Crippen molar-refractivity contribution in [2.45, 2.75) is 335 Å². The first kappa shape index (κ1) is 78.8. The summed E-state index contributed by atoms with van der Waals surface area (Å²) in [5, 5.41) is 0. The van der Waals surface area contributed by atoms with Crippen molar-refractivity contribution in [3.63, 3.8) is 0 Å². The van der Waals surface area contributed by atoms with E-state index in [-0.39, 0.29) is 31.1 Å².